The summed E-state index contributed by atoms with van der Waals surface area (Å²) in [5, 5.41) is 0. The Kier molecular flexibility index (Phi) is 6.05. The van der Waals surface area contributed by atoms with Crippen molar-refractivity contribution in [2.45, 2.75) is 34.6 Å². The molecular weight excluding hydrogens is 392 g/mol. The Morgan fingerprint density at radius 1 is 0.469 bits per heavy atom. The van der Waals surface area contributed by atoms with Crippen molar-refractivity contribution in [3.8, 4) is 39.5 Å². The normalized spacial score (nSPS) is 10.8. The molecule has 4 aromatic carbocycles. The van der Waals surface area contributed by atoms with Crippen LogP contribution in [0.25, 0.3) is 22.3 Å². The van der Waals surface area contributed by atoms with Crippen molar-refractivity contribution in [1.29, 1.82) is 0 Å². The first-order chi connectivity index (χ1) is 15.4. The first-order valence-electron chi connectivity index (χ1n) is 11.0. The Hall–Kier alpha value is -3.52. The van der Waals surface area contributed by atoms with Crippen LogP contribution in [0.3, 0.4) is 0 Å². The van der Waals surface area contributed by atoms with E-state index in [1.165, 1.54) is 27.8 Å². The number of ether oxygens (including phenoxy) is 2. The lowest BCUT2D eigenvalue weighted by Gasteiger charge is -2.16. The average molecular weight is 423 g/mol. The predicted octanol–water partition coefficient (Wildman–Crippen LogP) is 8.36. The van der Waals surface area contributed by atoms with E-state index in [1.807, 2.05) is 12.1 Å². The minimum atomic E-state index is 0.843. The largest absolute Gasteiger partial charge is 0.496 e. The van der Waals surface area contributed by atoms with Crippen molar-refractivity contribution >= 4 is 0 Å². The summed E-state index contributed by atoms with van der Waals surface area (Å²) in [6.07, 6.45) is 0. The fourth-order valence-electron chi connectivity index (χ4n) is 4.30. The Balaban J connectivity index is 1.60. The maximum Gasteiger partial charge on any atom is 0.133 e. The molecule has 0 heterocycles. The number of hydrogen-bond donors (Lipinski definition) is 0. The van der Waals surface area contributed by atoms with Crippen LogP contribution in [-0.4, -0.2) is 7.11 Å². The molecule has 0 bridgehead atoms. The molecule has 4 rings (SSSR count). The summed E-state index contributed by atoms with van der Waals surface area (Å²) in [6.45, 7) is 10.5. The first kappa shape index (κ1) is 21.7. The summed E-state index contributed by atoms with van der Waals surface area (Å²) in [7, 11) is 1.72. The molecule has 0 atom stereocenters. The standard InChI is InChI=1S/C30H30O2/c1-19-7-9-24(10-8-19)25-11-13-28(14-12-25)32-30-22(4)17-27(18-23(30)5)26-15-20(2)29(31-6)21(3)16-26/h7-18H,1-6H3. The second-order valence-electron chi connectivity index (χ2n) is 8.57. The number of hydrogen-bond acceptors (Lipinski definition) is 2. The van der Waals surface area contributed by atoms with E-state index in [9.17, 15) is 0 Å². The van der Waals surface area contributed by atoms with E-state index in [4.69, 9.17) is 9.47 Å². The Labute approximate surface area is 191 Å². The summed E-state index contributed by atoms with van der Waals surface area (Å²) in [6, 6.07) is 25.7. The van der Waals surface area contributed by atoms with Gasteiger partial charge in [0, 0.05) is 0 Å². The zero-order valence-electron chi connectivity index (χ0n) is 19.7. The molecule has 162 valence electrons. The topological polar surface area (TPSA) is 18.5 Å². The third-order valence-corrected chi connectivity index (χ3v) is 5.92. The monoisotopic (exact) mass is 422 g/mol. The fraction of sp³-hybridized carbons (Fsp3) is 0.200. The molecule has 0 saturated heterocycles. The fourth-order valence-corrected chi connectivity index (χ4v) is 4.30. The van der Waals surface area contributed by atoms with E-state index in [0.29, 0.717) is 0 Å². The van der Waals surface area contributed by atoms with Gasteiger partial charge in [0.05, 0.1) is 7.11 Å². The second-order valence-corrected chi connectivity index (χ2v) is 8.57. The van der Waals surface area contributed by atoms with Crippen molar-refractivity contribution in [3.05, 3.63) is 101 Å². The van der Waals surface area contributed by atoms with Crippen molar-refractivity contribution in [3.63, 3.8) is 0 Å². The Morgan fingerprint density at radius 3 is 1.31 bits per heavy atom. The van der Waals surface area contributed by atoms with Gasteiger partial charge in [-0.3, -0.25) is 0 Å². The molecule has 0 radical (unpaired) electrons. The van der Waals surface area contributed by atoms with Gasteiger partial charge in [-0.25, -0.2) is 0 Å². The van der Waals surface area contributed by atoms with Gasteiger partial charge in [0.25, 0.3) is 0 Å². The van der Waals surface area contributed by atoms with Gasteiger partial charge in [-0.1, -0.05) is 42.0 Å². The van der Waals surface area contributed by atoms with Gasteiger partial charge in [-0.15, -0.1) is 0 Å². The molecule has 2 nitrogen and oxygen atoms in total. The van der Waals surface area contributed by atoms with Crippen molar-refractivity contribution in [1.82, 2.24) is 0 Å². The highest BCUT2D eigenvalue weighted by Crippen LogP contribution is 2.36. The van der Waals surface area contributed by atoms with Crippen molar-refractivity contribution in [2.24, 2.45) is 0 Å². The van der Waals surface area contributed by atoms with E-state index in [1.54, 1.807) is 7.11 Å². The summed E-state index contributed by atoms with van der Waals surface area (Å²) in [5.74, 6) is 2.71. The average Bonchev–Trinajstić information content (AvgIpc) is 2.77. The minimum absolute atomic E-state index is 0.843. The van der Waals surface area contributed by atoms with Crippen molar-refractivity contribution < 1.29 is 9.47 Å². The summed E-state index contributed by atoms with van der Waals surface area (Å²) < 4.78 is 11.8. The second kappa shape index (κ2) is 8.92. The van der Waals surface area contributed by atoms with Crippen LogP contribution in [0.15, 0.2) is 72.8 Å². The van der Waals surface area contributed by atoms with Crippen LogP contribution < -0.4 is 9.47 Å². The molecule has 0 aliphatic carbocycles. The highest BCUT2D eigenvalue weighted by atomic mass is 16.5. The van der Waals surface area contributed by atoms with Gasteiger partial charge in [0.1, 0.15) is 17.2 Å². The van der Waals surface area contributed by atoms with E-state index in [2.05, 4.69) is 95.3 Å². The van der Waals surface area contributed by atoms with E-state index >= 15 is 0 Å². The maximum absolute atomic E-state index is 6.30. The lowest BCUT2D eigenvalue weighted by atomic mass is 9.96. The maximum atomic E-state index is 6.30. The predicted molar refractivity (Wildman–Crippen MR) is 134 cm³/mol. The lowest BCUT2D eigenvalue weighted by Crippen LogP contribution is -1.95. The van der Waals surface area contributed by atoms with Crippen LogP contribution in [0.5, 0.6) is 17.2 Å². The lowest BCUT2D eigenvalue weighted by molar-refractivity contribution is 0.408. The molecule has 0 aromatic heterocycles. The van der Waals surface area contributed by atoms with Crippen LogP contribution in [0.2, 0.25) is 0 Å². The quantitative estimate of drug-likeness (QED) is 0.322. The molecule has 0 fully saturated rings. The van der Waals surface area contributed by atoms with Crippen LogP contribution >= 0.6 is 0 Å². The molecule has 0 spiro atoms. The molecule has 0 aliphatic rings. The minimum Gasteiger partial charge on any atom is -0.496 e. The van der Waals surface area contributed by atoms with Crippen LogP contribution in [0.1, 0.15) is 27.8 Å². The van der Waals surface area contributed by atoms with E-state index < -0.39 is 0 Å². The number of rotatable bonds is 5. The van der Waals surface area contributed by atoms with Gasteiger partial charge < -0.3 is 9.47 Å². The molecule has 4 aromatic rings. The number of benzene rings is 4. The van der Waals surface area contributed by atoms with E-state index in [-0.39, 0.29) is 0 Å². The molecule has 32 heavy (non-hydrogen) atoms. The van der Waals surface area contributed by atoms with E-state index in [0.717, 1.165) is 39.5 Å². The van der Waals surface area contributed by atoms with Crippen molar-refractivity contribution in [2.75, 3.05) is 7.11 Å². The van der Waals surface area contributed by atoms with Gasteiger partial charge in [-0.2, -0.15) is 0 Å². The van der Waals surface area contributed by atoms with Gasteiger partial charge in [-0.05, 0) is 116 Å². The molecular formula is C30H30O2. The smallest absolute Gasteiger partial charge is 0.133 e. The first-order valence-corrected chi connectivity index (χ1v) is 11.0. The Bertz CT molecular complexity index is 1200. The van der Waals surface area contributed by atoms with Crippen LogP contribution in [-0.2, 0) is 0 Å². The van der Waals surface area contributed by atoms with Crippen LogP contribution in [0, 0.1) is 34.6 Å². The number of methoxy groups -OCH3 is 1. The van der Waals surface area contributed by atoms with Crippen LogP contribution in [0.4, 0.5) is 0 Å². The van der Waals surface area contributed by atoms with Gasteiger partial charge in [0.15, 0.2) is 0 Å². The summed E-state index contributed by atoms with van der Waals surface area (Å²) in [4.78, 5) is 0. The molecule has 0 N–H and O–H groups in total. The highest BCUT2D eigenvalue weighted by Gasteiger charge is 2.12. The molecule has 0 aliphatic heterocycles. The summed E-state index contributed by atoms with van der Waals surface area (Å²) >= 11 is 0. The third-order valence-electron chi connectivity index (χ3n) is 5.92. The molecule has 2 heteroatoms. The SMILES string of the molecule is COc1c(C)cc(-c2cc(C)c(Oc3ccc(-c4ccc(C)cc4)cc3)c(C)c2)cc1C. The number of aryl methyl sites for hydroxylation is 5. The van der Waals surface area contributed by atoms with Gasteiger partial charge in [0.2, 0.25) is 0 Å². The zero-order valence-corrected chi connectivity index (χ0v) is 19.7. The highest BCUT2D eigenvalue weighted by molar-refractivity contribution is 5.71. The summed E-state index contributed by atoms with van der Waals surface area (Å²) in [5.41, 5.74) is 10.6. The third kappa shape index (κ3) is 4.40. The molecule has 0 saturated carbocycles. The Morgan fingerprint density at radius 2 is 0.875 bits per heavy atom. The zero-order chi connectivity index (χ0) is 22.8. The molecule has 0 unspecified atom stereocenters. The molecule has 0 amide bonds. The van der Waals surface area contributed by atoms with Gasteiger partial charge >= 0.3 is 0 Å².